The molecule has 0 radical (unpaired) electrons. The van der Waals surface area contributed by atoms with Gasteiger partial charge >= 0.3 is 6.72 Å². The normalized spacial score (nSPS) is 14.2. The second-order valence-corrected chi connectivity index (χ2v) is 8.23. The Morgan fingerprint density at radius 1 is 1.44 bits per heavy atom. The van der Waals surface area contributed by atoms with E-state index in [0.29, 0.717) is 11.7 Å². The zero-order valence-corrected chi connectivity index (χ0v) is 11.8. The molecule has 1 aromatic carbocycles. The summed E-state index contributed by atoms with van der Waals surface area (Å²) >= 11 is 1.07. The van der Waals surface area contributed by atoms with Crippen LogP contribution in [0.2, 0.25) is 0 Å². The minimum Gasteiger partial charge on any atom is -0.426 e. The summed E-state index contributed by atoms with van der Waals surface area (Å²) in [5.74, 6) is 1.25. The lowest BCUT2D eigenvalue weighted by atomic mass is 10.3. The minimum absolute atomic E-state index is 0.0518. The molecule has 18 heavy (non-hydrogen) atoms. The fourth-order valence-electron chi connectivity index (χ4n) is 1.05. The minimum atomic E-state index is -3.26. The number of non-ortho nitro benzene ring substituents is 1. The third-order valence-electron chi connectivity index (χ3n) is 1.87. The fourth-order valence-corrected chi connectivity index (χ4v) is 3.96. The third-order valence-corrected chi connectivity index (χ3v) is 5.26. The van der Waals surface area contributed by atoms with E-state index in [4.69, 9.17) is 10.0 Å². The molecule has 0 aliphatic heterocycles. The molecule has 0 aromatic heterocycles. The van der Waals surface area contributed by atoms with Crippen molar-refractivity contribution in [3.8, 4) is 5.75 Å². The molecular formula is C10H15N2O4PS. The lowest BCUT2D eigenvalue weighted by Gasteiger charge is -2.14. The van der Waals surface area contributed by atoms with Crippen molar-refractivity contribution in [2.24, 2.45) is 11.4 Å². The Kier molecular flexibility index (Phi) is 5.19. The van der Waals surface area contributed by atoms with Gasteiger partial charge in [-0.05, 0) is 29.4 Å². The quantitative estimate of drug-likeness (QED) is 0.490. The zero-order chi connectivity index (χ0) is 13.8. The highest BCUT2D eigenvalue weighted by Gasteiger charge is 2.20. The molecule has 1 rings (SSSR count). The van der Waals surface area contributed by atoms with Gasteiger partial charge in [0.15, 0.2) is 0 Å². The summed E-state index contributed by atoms with van der Waals surface area (Å²) in [6.45, 7) is 0.710. The molecule has 0 aliphatic carbocycles. The van der Waals surface area contributed by atoms with Gasteiger partial charge in [0.05, 0.1) is 4.92 Å². The van der Waals surface area contributed by atoms with Crippen molar-refractivity contribution in [3.05, 3.63) is 34.4 Å². The molecule has 0 saturated heterocycles. The van der Waals surface area contributed by atoms with Crippen LogP contribution in [0.3, 0.4) is 0 Å². The van der Waals surface area contributed by atoms with Gasteiger partial charge in [-0.2, -0.15) is 0 Å². The molecule has 0 fully saturated rings. The van der Waals surface area contributed by atoms with Gasteiger partial charge in [0.25, 0.3) is 5.69 Å². The van der Waals surface area contributed by atoms with Gasteiger partial charge in [-0.1, -0.05) is 13.8 Å². The molecule has 0 amide bonds. The van der Waals surface area contributed by atoms with Gasteiger partial charge in [0.2, 0.25) is 0 Å². The van der Waals surface area contributed by atoms with E-state index in [9.17, 15) is 14.7 Å². The van der Waals surface area contributed by atoms with E-state index in [1.165, 1.54) is 24.3 Å². The Hall–Kier alpha value is -1.04. The maximum Gasteiger partial charge on any atom is 0.371 e. The van der Waals surface area contributed by atoms with Crippen molar-refractivity contribution in [2.45, 2.75) is 13.8 Å². The van der Waals surface area contributed by atoms with E-state index in [-0.39, 0.29) is 11.4 Å². The number of hydrogen-bond donors (Lipinski definition) is 1. The Bertz CT molecular complexity index is 463. The van der Waals surface area contributed by atoms with Crippen molar-refractivity contribution >= 4 is 23.8 Å². The lowest BCUT2D eigenvalue weighted by molar-refractivity contribution is -0.384. The topological polar surface area (TPSA) is 95.5 Å². The van der Waals surface area contributed by atoms with Crippen molar-refractivity contribution in [1.82, 2.24) is 0 Å². The predicted molar refractivity (Wildman–Crippen MR) is 72.8 cm³/mol. The molecule has 1 unspecified atom stereocenters. The van der Waals surface area contributed by atoms with Crippen LogP contribution in [0.15, 0.2) is 24.3 Å². The smallest absolute Gasteiger partial charge is 0.371 e. The highest BCUT2D eigenvalue weighted by atomic mass is 32.7. The summed E-state index contributed by atoms with van der Waals surface area (Å²) in [5.41, 5.74) is 5.51. The Morgan fingerprint density at radius 3 is 2.44 bits per heavy atom. The lowest BCUT2D eigenvalue weighted by Crippen LogP contribution is -2.02. The SMILES string of the molecule is CC(C)CSP(N)(=O)Oc1ccc([N+](=O)[O-])cc1. The number of benzene rings is 1. The first kappa shape index (κ1) is 15.0. The first-order chi connectivity index (χ1) is 8.30. The number of nitro benzene ring substituents is 1. The predicted octanol–water partition coefficient (Wildman–Crippen LogP) is 3.43. The monoisotopic (exact) mass is 290 g/mol. The van der Waals surface area contributed by atoms with Crippen molar-refractivity contribution in [1.29, 1.82) is 0 Å². The molecular weight excluding hydrogens is 275 g/mol. The standard InChI is InChI=1S/C10H15N2O4PS/c1-8(2)7-18-17(11,15)16-10-5-3-9(4-6-10)12(13)14/h3-6,8H,7H2,1-2H3,(H2,11,15). The van der Waals surface area contributed by atoms with Crippen LogP contribution in [0.25, 0.3) is 0 Å². The highest BCUT2D eigenvalue weighted by Crippen LogP contribution is 2.52. The molecule has 6 nitrogen and oxygen atoms in total. The molecule has 0 spiro atoms. The number of hydrogen-bond acceptors (Lipinski definition) is 5. The fraction of sp³-hybridized carbons (Fsp3) is 0.400. The summed E-state index contributed by atoms with van der Waals surface area (Å²) in [6, 6.07) is 5.33. The van der Waals surface area contributed by atoms with Crippen LogP contribution in [0.1, 0.15) is 13.8 Å². The molecule has 0 bridgehead atoms. The molecule has 2 N–H and O–H groups in total. The summed E-state index contributed by atoms with van der Waals surface area (Å²) in [7, 11) is 0. The summed E-state index contributed by atoms with van der Waals surface area (Å²) in [6.07, 6.45) is 0. The Morgan fingerprint density at radius 2 is 2.00 bits per heavy atom. The average molecular weight is 290 g/mol. The number of nitro groups is 1. The Balaban J connectivity index is 2.66. The molecule has 0 heterocycles. The maximum atomic E-state index is 11.9. The van der Waals surface area contributed by atoms with Gasteiger partial charge in [0, 0.05) is 17.9 Å². The van der Waals surface area contributed by atoms with E-state index >= 15 is 0 Å². The summed E-state index contributed by atoms with van der Waals surface area (Å²) < 4.78 is 17.1. The molecule has 0 aliphatic rings. The van der Waals surface area contributed by atoms with Gasteiger partial charge in [-0.15, -0.1) is 0 Å². The van der Waals surface area contributed by atoms with Crippen LogP contribution in [-0.4, -0.2) is 10.7 Å². The number of nitrogens with two attached hydrogens (primary N) is 1. The summed E-state index contributed by atoms with van der Waals surface area (Å²) in [5, 5.41) is 10.5. The zero-order valence-electron chi connectivity index (χ0n) is 10.1. The van der Waals surface area contributed by atoms with Gasteiger partial charge in [0.1, 0.15) is 5.75 Å². The Labute approximate surface area is 109 Å². The summed E-state index contributed by atoms with van der Waals surface area (Å²) in [4.78, 5) is 9.94. The number of nitrogens with zero attached hydrogens (tertiary/aromatic N) is 1. The van der Waals surface area contributed by atoms with Crippen LogP contribution in [0.5, 0.6) is 5.75 Å². The average Bonchev–Trinajstić information content (AvgIpc) is 2.27. The van der Waals surface area contributed by atoms with E-state index in [0.717, 1.165) is 11.4 Å². The van der Waals surface area contributed by atoms with Crippen molar-refractivity contribution in [3.63, 3.8) is 0 Å². The van der Waals surface area contributed by atoms with Gasteiger partial charge in [-0.25, -0.2) is 10.1 Å². The van der Waals surface area contributed by atoms with Gasteiger partial charge < -0.3 is 4.52 Å². The van der Waals surface area contributed by atoms with Crippen LogP contribution in [0.4, 0.5) is 5.69 Å². The van der Waals surface area contributed by atoms with E-state index in [1.54, 1.807) is 0 Å². The first-order valence-corrected chi connectivity index (χ1v) is 8.56. The van der Waals surface area contributed by atoms with Crippen LogP contribution >= 0.6 is 18.1 Å². The molecule has 100 valence electrons. The molecule has 0 saturated carbocycles. The van der Waals surface area contributed by atoms with E-state index in [1.807, 2.05) is 13.8 Å². The van der Waals surface area contributed by atoms with Crippen molar-refractivity contribution in [2.75, 3.05) is 5.75 Å². The molecule has 8 heteroatoms. The second-order valence-electron chi connectivity index (χ2n) is 4.07. The second kappa shape index (κ2) is 6.22. The molecule has 1 aromatic rings. The maximum absolute atomic E-state index is 11.9. The number of rotatable bonds is 6. The van der Waals surface area contributed by atoms with Gasteiger partial charge in [-0.3, -0.25) is 10.1 Å². The molecule has 1 atom stereocenters. The van der Waals surface area contributed by atoms with E-state index in [2.05, 4.69) is 0 Å². The highest BCUT2D eigenvalue weighted by molar-refractivity contribution is 8.56. The first-order valence-electron chi connectivity index (χ1n) is 5.27. The largest absolute Gasteiger partial charge is 0.426 e. The van der Waals surface area contributed by atoms with Crippen molar-refractivity contribution < 1.29 is 14.0 Å². The van der Waals surface area contributed by atoms with E-state index < -0.39 is 11.6 Å². The van der Waals surface area contributed by atoms with Crippen LogP contribution in [-0.2, 0) is 4.57 Å². The third kappa shape index (κ3) is 5.08. The van der Waals surface area contributed by atoms with Crippen LogP contribution in [0, 0.1) is 16.0 Å². The van der Waals surface area contributed by atoms with Crippen LogP contribution < -0.4 is 10.0 Å².